The van der Waals surface area contributed by atoms with Gasteiger partial charge >= 0.3 is 0 Å². The van der Waals surface area contributed by atoms with Gasteiger partial charge in [0, 0.05) is 19.5 Å². The molecule has 0 amide bonds. The number of benzene rings is 1. The van der Waals surface area contributed by atoms with Crippen LogP contribution in [0.4, 0.5) is 0 Å². The van der Waals surface area contributed by atoms with Crippen LogP contribution in [0.1, 0.15) is 43.0 Å². The van der Waals surface area contributed by atoms with E-state index in [-0.39, 0.29) is 10.8 Å². The van der Waals surface area contributed by atoms with Crippen LogP contribution < -0.4 is 0 Å². The first kappa shape index (κ1) is 16.6. The zero-order valence-electron chi connectivity index (χ0n) is 13.3. The van der Waals surface area contributed by atoms with Gasteiger partial charge in [-0.15, -0.1) is 0 Å². The monoisotopic (exact) mass is 346 g/mol. The molecule has 0 saturated carbocycles. The van der Waals surface area contributed by atoms with Crippen LogP contribution in [0.2, 0.25) is 0 Å². The molecule has 3 rings (SSSR count). The number of hydrogen-bond donors (Lipinski definition) is 0. The molecule has 1 fully saturated rings. The fourth-order valence-electron chi connectivity index (χ4n) is 2.81. The lowest BCUT2D eigenvalue weighted by atomic mass is 10.00. The summed E-state index contributed by atoms with van der Waals surface area (Å²) in [4.78, 5) is 4.47. The topological polar surface area (TPSA) is 100 Å². The van der Waals surface area contributed by atoms with Crippen LogP contribution in [0.25, 0.3) is 0 Å². The zero-order valence-corrected chi connectivity index (χ0v) is 14.2. The van der Waals surface area contributed by atoms with Gasteiger partial charge in [-0.05, 0) is 31.0 Å². The van der Waals surface area contributed by atoms with Crippen molar-refractivity contribution in [2.45, 2.75) is 37.0 Å². The van der Waals surface area contributed by atoms with Crippen molar-refractivity contribution >= 4 is 10.0 Å². The van der Waals surface area contributed by atoms with Crippen LogP contribution in [0.15, 0.2) is 33.7 Å². The van der Waals surface area contributed by atoms with Crippen LogP contribution >= 0.6 is 0 Å². The molecular weight excluding hydrogens is 328 g/mol. The van der Waals surface area contributed by atoms with E-state index in [0.29, 0.717) is 36.8 Å². The van der Waals surface area contributed by atoms with Crippen LogP contribution in [-0.4, -0.2) is 36.0 Å². The Hall–Kier alpha value is -2.24. The van der Waals surface area contributed by atoms with Gasteiger partial charge in [-0.3, -0.25) is 0 Å². The second-order valence-electron chi connectivity index (χ2n) is 5.74. The second kappa shape index (κ2) is 6.71. The molecule has 2 heterocycles. The van der Waals surface area contributed by atoms with E-state index in [2.05, 4.69) is 10.1 Å². The minimum absolute atomic E-state index is 0.0968. The van der Waals surface area contributed by atoms with Crippen LogP contribution in [0.3, 0.4) is 0 Å². The van der Waals surface area contributed by atoms with Gasteiger partial charge in [0.1, 0.15) is 0 Å². The third kappa shape index (κ3) is 3.18. The first-order chi connectivity index (χ1) is 11.5. The van der Waals surface area contributed by atoms with Gasteiger partial charge in [-0.1, -0.05) is 18.1 Å². The molecular formula is C16H18N4O3S. The van der Waals surface area contributed by atoms with Crippen LogP contribution in [0, 0.1) is 11.3 Å². The first-order valence-corrected chi connectivity index (χ1v) is 9.31. The summed E-state index contributed by atoms with van der Waals surface area (Å²) in [5.74, 6) is 1.03. The van der Waals surface area contributed by atoms with Gasteiger partial charge in [0.15, 0.2) is 5.82 Å². The minimum Gasteiger partial charge on any atom is -0.339 e. The van der Waals surface area contributed by atoms with E-state index in [1.54, 1.807) is 12.1 Å². The lowest BCUT2D eigenvalue weighted by Crippen LogP contribution is -2.39. The molecule has 7 nitrogen and oxygen atoms in total. The second-order valence-corrected chi connectivity index (χ2v) is 7.68. The quantitative estimate of drug-likeness (QED) is 0.840. The maximum absolute atomic E-state index is 12.8. The highest BCUT2D eigenvalue weighted by molar-refractivity contribution is 7.89. The molecule has 0 radical (unpaired) electrons. The molecule has 0 aliphatic carbocycles. The van der Waals surface area contributed by atoms with E-state index in [1.165, 1.54) is 16.4 Å². The third-order valence-electron chi connectivity index (χ3n) is 4.13. The Morgan fingerprint density at radius 1 is 1.46 bits per heavy atom. The molecule has 1 aromatic heterocycles. The number of aromatic nitrogens is 2. The van der Waals surface area contributed by atoms with Crippen molar-refractivity contribution in [2.75, 3.05) is 13.1 Å². The van der Waals surface area contributed by atoms with E-state index < -0.39 is 10.0 Å². The molecule has 24 heavy (non-hydrogen) atoms. The van der Waals surface area contributed by atoms with E-state index in [0.717, 1.165) is 12.8 Å². The van der Waals surface area contributed by atoms with Crippen molar-refractivity contribution in [3.05, 3.63) is 41.5 Å². The minimum atomic E-state index is -3.64. The average Bonchev–Trinajstić information content (AvgIpc) is 3.11. The molecule has 1 aliphatic heterocycles. The average molecular weight is 346 g/mol. The lowest BCUT2D eigenvalue weighted by molar-refractivity contribution is 0.265. The highest BCUT2D eigenvalue weighted by Crippen LogP contribution is 2.29. The van der Waals surface area contributed by atoms with Gasteiger partial charge in [0.25, 0.3) is 0 Å². The van der Waals surface area contributed by atoms with E-state index in [9.17, 15) is 8.42 Å². The number of rotatable bonds is 4. The molecule has 1 aliphatic rings. The standard InChI is InChI=1S/C16H18N4O3S/c1-2-15-18-16(23-19-15)13-6-4-8-20(11-13)24(21,22)14-7-3-5-12(9-14)10-17/h3,5,7,9,13H,2,4,6,8,11H2,1H3/t13-/m1/s1. The molecule has 0 bridgehead atoms. The summed E-state index contributed by atoms with van der Waals surface area (Å²) in [6.45, 7) is 2.70. The Kier molecular flexibility index (Phi) is 4.64. The number of nitriles is 1. The van der Waals surface area contributed by atoms with Crippen LogP contribution in [-0.2, 0) is 16.4 Å². The molecule has 0 N–H and O–H groups in total. The Balaban J connectivity index is 1.84. The maximum atomic E-state index is 12.8. The third-order valence-corrected chi connectivity index (χ3v) is 6.00. The van der Waals surface area contributed by atoms with Crippen LogP contribution in [0.5, 0.6) is 0 Å². The lowest BCUT2D eigenvalue weighted by Gasteiger charge is -2.30. The number of piperidine rings is 1. The van der Waals surface area contributed by atoms with Crippen molar-refractivity contribution in [1.82, 2.24) is 14.4 Å². The summed E-state index contributed by atoms with van der Waals surface area (Å²) in [6, 6.07) is 8.06. The number of sulfonamides is 1. The predicted molar refractivity (Wildman–Crippen MR) is 85.6 cm³/mol. The fourth-order valence-corrected chi connectivity index (χ4v) is 4.38. The van der Waals surface area contributed by atoms with Gasteiger partial charge in [0.2, 0.25) is 15.9 Å². The van der Waals surface area contributed by atoms with Crippen molar-refractivity contribution < 1.29 is 12.9 Å². The summed E-state index contributed by atoms with van der Waals surface area (Å²) in [7, 11) is -3.64. The largest absolute Gasteiger partial charge is 0.339 e. The smallest absolute Gasteiger partial charge is 0.243 e. The summed E-state index contributed by atoms with van der Waals surface area (Å²) in [6.07, 6.45) is 2.22. The molecule has 0 spiro atoms. The number of hydrogen-bond acceptors (Lipinski definition) is 6. The molecule has 1 saturated heterocycles. The summed E-state index contributed by atoms with van der Waals surface area (Å²) in [5, 5.41) is 12.9. The van der Waals surface area contributed by atoms with Crippen molar-refractivity contribution in [3.8, 4) is 6.07 Å². The Bertz CT molecular complexity index is 869. The Morgan fingerprint density at radius 2 is 2.29 bits per heavy atom. The molecule has 0 unspecified atom stereocenters. The molecule has 8 heteroatoms. The van der Waals surface area contributed by atoms with Gasteiger partial charge < -0.3 is 4.52 Å². The molecule has 1 aromatic carbocycles. The fraction of sp³-hybridized carbons (Fsp3) is 0.438. The predicted octanol–water partition coefficient (Wildman–Crippen LogP) is 2.07. The summed E-state index contributed by atoms with van der Waals surface area (Å²) < 4.78 is 32.4. The maximum Gasteiger partial charge on any atom is 0.243 e. The normalized spacial score (nSPS) is 19.1. The number of nitrogens with zero attached hydrogens (tertiary/aromatic N) is 4. The first-order valence-electron chi connectivity index (χ1n) is 7.87. The molecule has 1 atom stereocenters. The Labute approximate surface area is 141 Å². The van der Waals surface area contributed by atoms with Crippen molar-refractivity contribution in [3.63, 3.8) is 0 Å². The Morgan fingerprint density at radius 3 is 3.00 bits per heavy atom. The summed E-state index contributed by atoms with van der Waals surface area (Å²) >= 11 is 0. The van der Waals surface area contributed by atoms with E-state index in [4.69, 9.17) is 9.78 Å². The van der Waals surface area contributed by atoms with Crippen molar-refractivity contribution in [1.29, 1.82) is 5.26 Å². The zero-order chi connectivity index (χ0) is 17.2. The van der Waals surface area contributed by atoms with E-state index in [1.807, 2.05) is 13.0 Å². The summed E-state index contributed by atoms with van der Waals surface area (Å²) in [5.41, 5.74) is 0.328. The van der Waals surface area contributed by atoms with Gasteiger partial charge in [-0.25, -0.2) is 8.42 Å². The van der Waals surface area contributed by atoms with E-state index >= 15 is 0 Å². The van der Waals surface area contributed by atoms with Gasteiger partial charge in [0.05, 0.1) is 22.4 Å². The number of aryl methyl sites for hydroxylation is 1. The highest BCUT2D eigenvalue weighted by Gasteiger charge is 2.33. The highest BCUT2D eigenvalue weighted by atomic mass is 32.2. The van der Waals surface area contributed by atoms with Crippen molar-refractivity contribution in [2.24, 2.45) is 0 Å². The molecule has 2 aromatic rings. The molecule has 126 valence electrons. The SMILES string of the molecule is CCc1noc([C@@H]2CCCN(S(=O)(=O)c3cccc(C#N)c3)C2)n1. The van der Waals surface area contributed by atoms with Gasteiger partial charge in [-0.2, -0.15) is 14.6 Å².